The van der Waals surface area contributed by atoms with Gasteiger partial charge in [-0.1, -0.05) is 0 Å². The third-order valence-corrected chi connectivity index (χ3v) is 5.85. The molecule has 1 amide bonds. The highest BCUT2D eigenvalue weighted by atomic mass is 16.5. The first-order valence-electron chi connectivity index (χ1n) is 8.84. The molecule has 3 fully saturated rings. The van der Waals surface area contributed by atoms with Crippen molar-refractivity contribution in [1.82, 2.24) is 9.80 Å². The number of ether oxygens (including phenoxy) is 1. The summed E-state index contributed by atoms with van der Waals surface area (Å²) in [6.07, 6.45) is 6.27. The zero-order valence-electron chi connectivity index (χ0n) is 13.9. The number of carbonyl (C=O) groups excluding carboxylic acids is 1. The summed E-state index contributed by atoms with van der Waals surface area (Å²) in [4.78, 5) is 16.8. The molecule has 5 nitrogen and oxygen atoms in total. The van der Waals surface area contributed by atoms with Crippen LogP contribution in [0.1, 0.15) is 38.4 Å². The molecule has 1 aromatic heterocycles. The van der Waals surface area contributed by atoms with Crippen molar-refractivity contribution >= 4 is 5.91 Å². The van der Waals surface area contributed by atoms with E-state index in [2.05, 4.69) is 16.7 Å². The van der Waals surface area contributed by atoms with Crippen molar-refractivity contribution < 1.29 is 13.9 Å². The number of likely N-dealkylation sites (tertiary alicyclic amines) is 1. The molecule has 1 spiro atoms. The monoisotopic (exact) mass is 318 g/mol. The fourth-order valence-electron chi connectivity index (χ4n) is 4.02. The number of morpholine rings is 1. The summed E-state index contributed by atoms with van der Waals surface area (Å²) >= 11 is 0. The Kier molecular flexibility index (Phi) is 3.93. The van der Waals surface area contributed by atoms with Crippen LogP contribution < -0.4 is 0 Å². The van der Waals surface area contributed by atoms with Crippen molar-refractivity contribution in [3.8, 4) is 0 Å². The van der Waals surface area contributed by atoms with E-state index in [1.165, 1.54) is 12.8 Å². The lowest BCUT2D eigenvalue weighted by Crippen LogP contribution is -2.64. The number of hydrogen-bond acceptors (Lipinski definition) is 4. The van der Waals surface area contributed by atoms with Crippen LogP contribution in [0.25, 0.3) is 0 Å². The summed E-state index contributed by atoms with van der Waals surface area (Å²) in [7, 11) is 0. The molecule has 1 atom stereocenters. The molecule has 3 heterocycles. The highest BCUT2D eigenvalue weighted by molar-refractivity contribution is 5.78. The summed E-state index contributed by atoms with van der Waals surface area (Å²) in [6.45, 7) is 6.23. The number of hydrogen-bond donors (Lipinski definition) is 0. The van der Waals surface area contributed by atoms with Crippen LogP contribution in [0.2, 0.25) is 0 Å². The highest BCUT2D eigenvalue weighted by Crippen LogP contribution is 2.38. The Morgan fingerprint density at radius 2 is 2.09 bits per heavy atom. The lowest BCUT2D eigenvalue weighted by molar-refractivity contribution is -0.187. The van der Waals surface area contributed by atoms with Gasteiger partial charge in [0, 0.05) is 19.6 Å². The van der Waals surface area contributed by atoms with E-state index < -0.39 is 0 Å². The van der Waals surface area contributed by atoms with Crippen LogP contribution in [0.3, 0.4) is 0 Å². The van der Waals surface area contributed by atoms with Crippen molar-refractivity contribution in [2.75, 3.05) is 26.2 Å². The summed E-state index contributed by atoms with van der Waals surface area (Å²) in [5, 5.41) is 0. The van der Waals surface area contributed by atoms with E-state index in [0.717, 1.165) is 50.7 Å². The average Bonchev–Trinajstić information content (AvgIpc) is 3.24. The molecule has 5 heteroatoms. The topological polar surface area (TPSA) is 45.9 Å². The van der Waals surface area contributed by atoms with Gasteiger partial charge in [-0.05, 0) is 50.7 Å². The zero-order valence-corrected chi connectivity index (χ0v) is 13.9. The number of amides is 1. The maximum absolute atomic E-state index is 12.2. The molecule has 23 heavy (non-hydrogen) atoms. The van der Waals surface area contributed by atoms with Crippen molar-refractivity contribution in [3.05, 3.63) is 24.2 Å². The predicted molar refractivity (Wildman–Crippen MR) is 85.8 cm³/mol. The lowest BCUT2D eigenvalue weighted by atomic mass is 9.82. The number of nitrogens with zero attached hydrogens (tertiary/aromatic N) is 2. The minimum Gasteiger partial charge on any atom is -0.468 e. The average molecular weight is 318 g/mol. The first-order valence-corrected chi connectivity index (χ1v) is 8.84. The SMILES string of the molecule is C[C@@H]1N(CC2CC2)C(=O)COC12CCN(Cc1ccco1)CC2. The summed E-state index contributed by atoms with van der Waals surface area (Å²) < 4.78 is 11.6. The largest absolute Gasteiger partial charge is 0.468 e. The van der Waals surface area contributed by atoms with Gasteiger partial charge in [0.1, 0.15) is 12.4 Å². The van der Waals surface area contributed by atoms with Gasteiger partial charge >= 0.3 is 0 Å². The van der Waals surface area contributed by atoms with Gasteiger partial charge in [-0.2, -0.15) is 0 Å². The van der Waals surface area contributed by atoms with Gasteiger partial charge in [-0.25, -0.2) is 0 Å². The quantitative estimate of drug-likeness (QED) is 0.854. The van der Waals surface area contributed by atoms with E-state index in [4.69, 9.17) is 9.15 Å². The summed E-state index contributed by atoms with van der Waals surface area (Å²) in [5.41, 5.74) is -0.150. The molecular formula is C18H26N2O3. The summed E-state index contributed by atoms with van der Waals surface area (Å²) in [5.74, 6) is 1.92. The molecule has 2 aliphatic heterocycles. The molecule has 1 aliphatic carbocycles. The van der Waals surface area contributed by atoms with Gasteiger partial charge in [0.25, 0.3) is 0 Å². The Balaban J connectivity index is 1.39. The normalized spacial score (nSPS) is 28.5. The van der Waals surface area contributed by atoms with Crippen molar-refractivity contribution in [3.63, 3.8) is 0 Å². The van der Waals surface area contributed by atoms with Crippen molar-refractivity contribution in [2.24, 2.45) is 5.92 Å². The fourth-order valence-corrected chi connectivity index (χ4v) is 4.02. The maximum atomic E-state index is 12.2. The third-order valence-electron chi connectivity index (χ3n) is 5.85. The van der Waals surface area contributed by atoms with E-state index in [1.54, 1.807) is 6.26 Å². The standard InChI is InChI=1S/C18H26N2O3/c1-14-18(23-13-17(21)20(14)11-15-4-5-15)6-8-19(9-7-18)12-16-3-2-10-22-16/h2-3,10,14-15H,4-9,11-13H2,1H3/t14-/m0/s1. The molecule has 0 bridgehead atoms. The maximum Gasteiger partial charge on any atom is 0.248 e. The van der Waals surface area contributed by atoms with Crippen LogP contribution in [0, 0.1) is 5.92 Å². The highest BCUT2D eigenvalue weighted by Gasteiger charge is 2.48. The van der Waals surface area contributed by atoms with Crippen molar-refractivity contribution in [1.29, 1.82) is 0 Å². The van der Waals surface area contributed by atoms with Crippen LogP contribution >= 0.6 is 0 Å². The molecule has 1 aromatic rings. The first kappa shape index (κ1) is 15.2. The van der Waals surface area contributed by atoms with Gasteiger partial charge in [-0.15, -0.1) is 0 Å². The zero-order chi connectivity index (χ0) is 15.9. The molecule has 1 saturated carbocycles. The van der Waals surface area contributed by atoms with E-state index in [-0.39, 0.29) is 24.2 Å². The van der Waals surface area contributed by atoms with E-state index in [0.29, 0.717) is 0 Å². The van der Waals surface area contributed by atoms with Gasteiger partial charge < -0.3 is 14.1 Å². The second-order valence-electron chi connectivity index (χ2n) is 7.37. The number of carbonyl (C=O) groups is 1. The van der Waals surface area contributed by atoms with Gasteiger partial charge in [-0.3, -0.25) is 9.69 Å². The van der Waals surface area contributed by atoms with Crippen LogP contribution in [0.15, 0.2) is 22.8 Å². The predicted octanol–water partition coefficient (Wildman–Crippen LogP) is 2.27. The fraction of sp³-hybridized carbons (Fsp3) is 0.722. The molecular weight excluding hydrogens is 292 g/mol. The number of rotatable bonds is 4. The molecule has 3 aliphatic rings. The molecule has 2 saturated heterocycles. The molecule has 0 aromatic carbocycles. The van der Waals surface area contributed by atoms with Gasteiger partial charge in [0.15, 0.2) is 0 Å². The molecule has 0 unspecified atom stereocenters. The Bertz CT molecular complexity index is 545. The Morgan fingerprint density at radius 3 is 2.74 bits per heavy atom. The molecule has 0 N–H and O–H groups in total. The minimum absolute atomic E-state index is 0.150. The minimum atomic E-state index is -0.150. The van der Waals surface area contributed by atoms with Crippen LogP contribution in [0.5, 0.6) is 0 Å². The van der Waals surface area contributed by atoms with E-state index in [1.807, 2.05) is 12.1 Å². The Hall–Kier alpha value is -1.33. The molecule has 126 valence electrons. The first-order chi connectivity index (χ1) is 11.2. The van der Waals surface area contributed by atoms with Crippen molar-refractivity contribution in [2.45, 2.75) is 50.8 Å². The van der Waals surface area contributed by atoms with Gasteiger partial charge in [0.05, 0.1) is 24.5 Å². The second kappa shape index (κ2) is 5.95. The molecule has 4 rings (SSSR count). The van der Waals surface area contributed by atoms with E-state index >= 15 is 0 Å². The number of piperidine rings is 1. The third kappa shape index (κ3) is 3.04. The lowest BCUT2D eigenvalue weighted by Gasteiger charge is -2.51. The van der Waals surface area contributed by atoms with Crippen LogP contribution in [-0.2, 0) is 16.1 Å². The number of furan rings is 1. The van der Waals surface area contributed by atoms with Gasteiger partial charge in [0.2, 0.25) is 5.91 Å². The summed E-state index contributed by atoms with van der Waals surface area (Å²) in [6, 6.07) is 4.16. The van der Waals surface area contributed by atoms with Crippen LogP contribution in [-0.4, -0.2) is 53.6 Å². The van der Waals surface area contributed by atoms with Crippen LogP contribution in [0.4, 0.5) is 0 Å². The molecule has 0 radical (unpaired) electrons. The second-order valence-corrected chi connectivity index (χ2v) is 7.37. The Labute approximate surface area is 137 Å². The Morgan fingerprint density at radius 1 is 1.30 bits per heavy atom. The smallest absolute Gasteiger partial charge is 0.248 e. The van der Waals surface area contributed by atoms with E-state index in [9.17, 15) is 4.79 Å².